The highest BCUT2D eigenvalue weighted by molar-refractivity contribution is 5.87. The Morgan fingerprint density at radius 3 is 2.43 bits per heavy atom. The molecule has 5 heteroatoms. The molecule has 0 heterocycles. The summed E-state index contributed by atoms with van der Waals surface area (Å²) < 4.78 is 5.76. The van der Waals surface area contributed by atoms with Crippen LogP contribution in [-0.2, 0) is 16.1 Å². The molecule has 0 fully saturated rings. The number of rotatable bonds is 8. The Labute approximate surface area is 167 Å². The van der Waals surface area contributed by atoms with Crippen LogP contribution < -0.4 is 10.1 Å². The normalized spacial score (nSPS) is 11.6. The molecule has 28 heavy (non-hydrogen) atoms. The number of amides is 2. The van der Waals surface area contributed by atoms with Crippen LogP contribution in [0.5, 0.6) is 5.75 Å². The summed E-state index contributed by atoms with van der Waals surface area (Å²) in [5.74, 6) is 0.287. The van der Waals surface area contributed by atoms with Gasteiger partial charge in [-0.15, -0.1) is 0 Å². The average molecular weight is 383 g/mol. The molecule has 5 nitrogen and oxygen atoms in total. The number of aryl methyl sites for hydroxylation is 3. The van der Waals surface area contributed by atoms with E-state index in [0.29, 0.717) is 18.8 Å². The number of benzene rings is 2. The molecular weight excluding hydrogens is 352 g/mol. The minimum atomic E-state index is -0.587. The summed E-state index contributed by atoms with van der Waals surface area (Å²) in [6, 6.07) is 13.2. The van der Waals surface area contributed by atoms with E-state index in [1.54, 1.807) is 11.8 Å². The Hall–Kier alpha value is -2.82. The second kappa shape index (κ2) is 9.93. The fraction of sp³-hybridized carbons (Fsp3) is 0.391. The minimum Gasteiger partial charge on any atom is -0.483 e. The van der Waals surface area contributed by atoms with Gasteiger partial charge in [0.25, 0.3) is 5.91 Å². The molecule has 0 aliphatic rings. The number of ether oxygens (including phenoxy) is 1. The highest BCUT2D eigenvalue weighted by Gasteiger charge is 2.26. The van der Waals surface area contributed by atoms with Crippen molar-refractivity contribution >= 4 is 11.8 Å². The summed E-state index contributed by atoms with van der Waals surface area (Å²) in [4.78, 5) is 26.9. The van der Waals surface area contributed by atoms with Gasteiger partial charge in [0, 0.05) is 13.1 Å². The lowest BCUT2D eigenvalue weighted by Crippen LogP contribution is -2.49. The monoisotopic (exact) mass is 382 g/mol. The van der Waals surface area contributed by atoms with E-state index in [-0.39, 0.29) is 18.4 Å². The molecule has 2 aromatic rings. The first-order valence-electron chi connectivity index (χ1n) is 9.64. The third kappa shape index (κ3) is 5.84. The van der Waals surface area contributed by atoms with Crippen LogP contribution in [0.25, 0.3) is 0 Å². The van der Waals surface area contributed by atoms with Crippen molar-refractivity contribution in [3.63, 3.8) is 0 Å². The summed E-state index contributed by atoms with van der Waals surface area (Å²) in [6.45, 7) is 10.3. The molecule has 0 aliphatic carbocycles. The molecule has 0 spiro atoms. The van der Waals surface area contributed by atoms with Crippen molar-refractivity contribution in [3.05, 3.63) is 64.7 Å². The summed E-state index contributed by atoms with van der Waals surface area (Å²) in [5, 5.41) is 2.79. The predicted molar refractivity (Wildman–Crippen MR) is 111 cm³/mol. The second-order valence-electron chi connectivity index (χ2n) is 7.14. The molecule has 0 unspecified atom stereocenters. The molecular formula is C23H30N2O3. The fourth-order valence-electron chi connectivity index (χ4n) is 3.10. The number of hydrogen-bond donors (Lipinski definition) is 1. The lowest BCUT2D eigenvalue weighted by molar-refractivity contribution is -0.142. The molecule has 2 rings (SSSR count). The highest BCUT2D eigenvalue weighted by Crippen LogP contribution is 2.19. The summed E-state index contributed by atoms with van der Waals surface area (Å²) in [5.41, 5.74) is 4.22. The first-order chi connectivity index (χ1) is 13.3. The zero-order valence-electron chi connectivity index (χ0n) is 17.4. The molecule has 0 aromatic heterocycles. The van der Waals surface area contributed by atoms with Crippen molar-refractivity contribution in [2.24, 2.45) is 0 Å². The van der Waals surface area contributed by atoms with Crippen molar-refractivity contribution in [1.29, 1.82) is 0 Å². The largest absolute Gasteiger partial charge is 0.483 e. The number of likely N-dealkylation sites (N-methyl/N-ethyl adjacent to an activating group) is 1. The van der Waals surface area contributed by atoms with Gasteiger partial charge in [0.2, 0.25) is 5.91 Å². The van der Waals surface area contributed by atoms with Crippen LogP contribution in [0.4, 0.5) is 0 Å². The summed E-state index contributed by atoms with van der Waals surface area (Å²) in [6.07, 6.45) is 0. The maximum Gasteiger partial charge on any atom is 0.261 e. The summed E-state index contributed by atoms with van der Waals surface area (Å²) >= 11 is 0. The zero-order valence-corrected chi connectivity index (χ0v) is 17.4. The van der Waals surface area contributed by atoms with Crippen molar-refractivity contribution in [2.75, 3.05) is 13.2 Å². The van der Waals surface area contributed by atoms with Crippen molar-refractivity contribution < 1.29 is 14.3 Å². The Balaban J connectivity index is 2.16. The Morgan fingerprint density at radius 2 is 1.79 bits per heavy atom. The van der Waals surface area contributed by atoms with Crippen LogP contribution >= 0.6 is 0 Å². The smallest absolute Gasteiger partial charge is 0.261 e. The molecule has 150 valence electrons. The van der Waals surface area contributed by atoms with Crippen molar-refractivity contribution in [1.82, 2.24) is 10.2 Å². The van der Waals surface area contributed by atoms with E-state index >= 15 is 0 Å². The molecule has 2 aromatic carbocycles. The molecule has 0 saturated heterocycles. The van der Waals surface area contributed by atoms with Gasteiger partial charge in [0.05, 0.1) is 0 Å². The second-order valence-corrected chi connectivity index (χ2v) is 7.14. The van der Waals surface area contributed by atoms with Crippen molar-refractivity contribution in [3.8, 4) is 5.75 Å². The first kappa shape index (κ1) is 21.5. The average Bonchev–Trinajstić information content (AvgIpc) is 2.65. The fourth-order valence-corrected chi connectivity index (χ4v) is 3.10. The zero-order chi connectivity index (χ0) is 20.7. The molecule has 0 aliphatic heterocycles. The third-order valence-electron chi connectivity index (χ3n) is 4.64. The van der Waals surface area contributed by atoms with Gasteiger partial charge < -0.3 is 15.0 Å². The predicted octanol–water partition coefficient (Wildman–Crippen LogP) is 3.54. The SMILES string of the molecule is CCNC(=O)[C@H](C)N(Cc1cccc(C)c1)C(=O)COc1ccc(C)cc1C. The lowest BCUT2D eigenvalue weighted by Gasteiger charge is -2.28. The van der Waals surface area contributed by atoms with Crippen LogP contribution in [0.1, 0.15) is 36.1 Å². The highest BCUT2D eigenvalue weighted by atomic mass is 16.5. The van der Waals surface area contributed by atoms with Gasteiger partial charge in [0.1, 0.15) is 11.8 Å². The van der Waals surface area contributed by atoms with Gasteiger partial charge in [-0.3, -0.25) is 9.59 Å². The molecule has 0 bridgehead atoms. The first-order valence-corrected chi connectivity index (χ1v) is 9.64. The van der Waals surface area contributed by atoms with Crippen LogP contribution in [0.2, 0.25) is 0 Å². The van der Waals surface area contributed by atoms with Gasteiger partial charge >= 0.3 is 0 Å². The van der Waals surface area contributed by atoms with E-state index in [1.165, 1.54) is 0 Å². The van der Waals surface area contributed by atoms with Gasteiger partial charge in [-0.25, -0.2) is 0 Å². The maximum absolute atomic E-state index is 13.0. The number of nitrogens with zero attached hydrogens (tertiary/aromatic N) is 1. The van der Waals surface area contributed by atoms with Gasteiger partial charge in [-0.05, 0) is 51.8 Å². The standard InChI is InChI=1S/C23H30N2O3/c1-6-24-23(27)19(5)25(14-20-9-7-8-16(2)13-20)22(26)15-28-21-11-10-17(3)12-18(21)4/h7-13,19H,6,14-15H2,1-5H3,(H,24,27)/t19-/m0/s1. The molecule has 0 saturated carbocycles. The van der Waals surface area contributed by atoms with E-state index in [9.17, 15) is 9.59 Å². The van der Waals surface area contributed by atoms with E-state index in [4.69, 9.17) is 4.74 Å². The van der Waals surface area contributed by atoms with Crippen LogP contribution in [-0.4, -0.2) is 35.9 Å². The number of carbonyl (C=O) groups is 2. The molecule has 1 N–H and O–H groups in total. The molecule has 1 atom stereocenters. The Kier molecular flexibility index (Phi) is 7.61. The number of hydrogen-bond acceptors (Lipinski definition) is 3. The van der Waals surface area contributed by atoms with Crippen LogP contribution in [0, 0.1) is 20.8 Å². The maximum atomic E-state index is 13.0. The van der Waals surface area contributed by atoms with Gasteiger partial charge in [-0.2, -0.15) is 0 Å². The van der Waals surface area contributed by atoms with E-state index in [2.05, 4.69) is 5.32 Å². The molecule has 0 radical (unpaired) electrons. The minimum absolute atomic E-state index is 0.112. The van der Waals surface area contributed by atoms with E-state index in [0.717, 1.165) is 22.3 Å². The Bertz CT molecular complexity index is 832. The van der Waals surface area contributed by atoms with E-state index in [1.807, 2.05) is 70.2 Å². The number of carbonyl (C=O) groups excluding carboxylic acids is 2. The van der Waals surface area contributed by atoms with Crippen molar-refractivity contribution in [2.45, 2.75) is 47.2 Å². The van der Waals surface area contributed by atoms with Gasteiger partial charge in [-0.1, -0.05) is 47.5 Å². The van der Waals surface area contributed by atoms with Crippen LogP contribution in [0.15, 0.2) is 42.5 Å². The topological polar surface area (TPSA) is 58.6 Å². The van der Waals surface area contributed by atoms with Gasteiger partial charge in [0.15, 0.2) is 6.61 Å². The third-order valence-corrected chi connectivity index (χ3v) is 4.64. The molecule has 2 amide bonds. The number of nitrogens with one attached hydrogen (secondary N) is 1. The quantitative estimate of drug-likeness (QED) is 0.760. The summed E-state index contributed by atoms with van der Waals surface area (Å²) in [7, 11) is 0. The lowest BCUT2D eigenvalue weighted by atomic mass is 10.1. The van der Waals surface area contributed by atoms with Crippen LogP contribution in [0.3, 0.4) is 0 Å². The Morgan fingerprint density at radius 1 is 1.07 bits per heavy atom. The van der Waals surface area contributed by atoms with E-state index < -0.39 is 6.04 Å².